The summed E-state index contributed by atoms with van der Waals surface area (Å²) in [7, 11) is 2.00. The van der Waals surface area contributed by atoms with Crippen molar-refractivity contribution in [2.45, 2.75) is 17.9 Å². The van der Waals surface area contributed by atoms with Crippen molar-refractivity contribution in [3.8, 4) is 0 Å². The van der Waals surface area contributed by atoms with Crippen molar-refractivity contribution >= 4 is 11.7 Å². The van der Waals surface area contributed by atoms with Crippen LogP contribution in [0.25, 0.3) is 0 Å². The van der Waals surface area contributed by atoms with Gasteiger partial charge in [-0.2, -0.15) is 5.06 Å². The van der Waals surface area contributed by atoms with E-state index >= 15 is 0 Å². The molecule has 2 heterocycles. The van der Waals surface area contributed by atoms with Gasteiger partial charge < -0.3 is 15.2 Å². The fourth-order valence-electron chi connectivity index (χ4n) is 3.36. The molecule has 5 nitrogen and oxygen atoms in total. The van der Waals surface area contributed by atoms with E-state index < -0.39 is 12.0 Å². The number of carboxylic acid groups (broad SMARTS) is 1. The maximum Gasteiger partial charge on any atom is 0.323 e. The average Bonchev–Trinajstić information content (AvgIpc) is 2.80. The summed E-state index contributed by atoms with van der Waals surface area (Å²) in [4.78, 5) is 13.3. The van der Waals surface area contributed by atoms with Crippen LogP contribution in [0.3, 0.4) is 0 Å². The summed E-state index contributed by atoms with van der Waals surface area (Å²) in [6.07, 6.45) is 0.459. The molecular weight excluding hydrogens is 232 g/mol. The lowest BCUT2D eigenvalue weighted by molar-refractivity contribution is -0.161. The van der Waals surface area contributed by atoms with Crippen molar-refractivity contribution in [3.63, 3.8) is 0 Å². The van der Waals surface area contributed by atoms with E-state index in [2.05, 4.69) is 4.90 Å². The molecule has 0 aromatic heterocycles. The zero-order valence-corrected chi connectivity index (χ0v) is 10.2. The van der Waals surface area contributed by atoms with E-state index in [0.29, 0.717) is 13.0 Å². The zero-order chi connectivity index (χ0) is 12.9. The molecule has 2 aliphatic heterocycles. The number of hydrogen-bond acceptors (Lipinski definition) is 4. The number of rotatable bonds is 1. The minimum absolute atomic E-state index is 0.261. The summed E-state index contributed by atoms with van der Waals surface area (Å²) in [6.45, 7) is 1.14. The van der Waals surface area contributed by atoms with Gasteiger partial charge in [-0.25, -0.2) is 0 Å². The van der Waals surface area contributed by atoms with Gasteiger partial charge in [-0.1, -0.05) is 18.2 Å². The Labute approximate surface area is 105 Å². The fourth-order valence-corrected chi connectivity index (χ4v) is 3.36. The van der Waals surface area contributed by atoms with Gasteiger partial charge in [-0.3, -0.25) is 4.79 Å². The Balaban J connectivity index is 2.02. The van der Waals surface area contributed by atoms with Gasteiger partial charge in [0.25, 0.3) is 0 Å². The predicted octanol–water partition coefficient (Wildman–Crippen LogP) is 0.922. The molecule has 0 aliphatic carbocycles. The van der Waals surface area contributed by atoms with Gasteiger partial charge in [0.05, 0.1) is 0 Å². The Hall–Kier alpha value is -1.59. The van der Waals surface area contributed by atoms with Crippen LogP contribution < -0.4 is 4.90 Å². The molecule has 0 amide bonds. The Kier molecular flexibility index (Phi) is 2.36. The molecule has 1 spiro atoms. The molecule has 2 unspecified atom stereocenters. The molecule has 2 N–H and O–H groups in total. The highest BCUT2D eigenvalue weighted by Gasteiger charge is 2.52. The van der Waals surface area contributed by atoms with E-state index in [4.69, 9.17) is 5.11 Å². The van der Waals surface area contributed by atoms with Crippen LogP contribution in [0.5, 0.6) is 0 Å². The maximum atomic E-state index is 11.1. The molecule has 1 saturated heterocycles. The standard InChI is InChI=1S/C13H16N2O3/c1-14-7-13(9-4-2-3-5-10(9)14)6-11(12(16)17)15(18)8-13/h2-5,11,18H,6-8H2,1H3,(H,16,17). The second kappa shape index (κ2) is 3.70. The van der Waals surface area contributed by atoms with Crippen molar-refractivity contribution in [3.05, 3.63) is 29.8 Å². The summed E-state index contributed by atoms with van der Waals surface area (Å²) in [5.74, 6) is -0.957. The number of benzene rings is 1. The third kappa shape index (κ3) is 1.44. The predicted molar refractivity (Wildman–Crippen MR) is 65.9 cm³/mol. The van der Waals surface area contributed by atoms with E-state index in [0.717, 1.165) is 22.9 Å². The van der Waals surface area contributed by atoms with Gasteiger partial charge in [0.15, 0.2) is 0 Å². The minimum atomic E-state index is -0.957. The van der Waals surface area contributed by atoms with Crippen LogP contribution in [0.15, 0.2) is 24.3 Å². The normalized spacial score (nSPS) is 31.0. The highest BCUT2D eigenvalue weighted by atomic mass is 16.5. The van der Waals surface area contributed by atoms with Crippen molar-refractivity contribution in [2.75, 3.05) is 25.0 Å². The lowest BCUT2D eigenvalue weighted by Crippen LogP contribution is -2.34. The van der Waals surface area contributed by atoms with E-state index in [1.54, 1.807) is 0 Å². The molecule has 1 aromatic rings. The first-order chi connectivity index (χ1) is 8.53. The maximum absolute atomic E-state index is 11.1. The highest BCUT2D eigenvalue weighted by molar-refractivity contribution is 5.75. The SMILES string of the molecule is CN1CC2(CC(C(=O)O)N(O)C2)c2ccccc21. The third-order valence-electron chi connectivity index (χ3n) is 4.12. The van der Waals surface area contributed by atoms with Crippen LogP contribution in [-0.4, -0.2) is 47.5 Å². The van der Waals surface area contributed by atoms with Gasteiger partial charge in [-0.15, -0.1) is 0 Å². The lowest BCUT2D eigenvalue weighted by Gasteiger charge is -2.23. The third-order valence-corrected chi connectivity index (χ3v) is 4.12. The second-order valence-electron chi connectivity index (χ2n) is 5.31. The first kappa shape index (κ1) is 11.5. The molecule has 18 heavy (non-hydrogen) atoms. The van der Waals surface area contributed by atoms with Gasteiger partial charge in [0.2, 0.25) is 0 Å². The number of fused-ring (bicyclic) bond motifs is 2. The Morgan fingerprint density at radius 3 is 2.78 bits per heavy atom. The molecule has 3 rings (SSSR count). The van der Waals surface area contributed by atoms with Crippen LogP contribution in [0.2, 0.25) is 0 Å². The Morgan fingerprint density at radius 2 is 2.11 bits per heavy atom. The monoisotopic (exact) mass is 248 g/mol. The van der Waals surface area contributed by atoms with Crippen molar-refractivity contribution in [2.24, 2.45) is 0 Å². The molecular formula is C13H16N2O3. The van der Waals surface area contributed by atoms with E-state index in [-0.39, 0.29) is 5.41 Å². The summed E-state index contributed by atoms with van der Waals surface area (Å²) in [5, 5.41) is 19.9. The molecule has 0 saturated carbocycles. The summed E-state index contributed by atoms with van der Waals surface area (Å²) < 4.78 is 0. The number of carbonyl (C=O) groups is 1. The minimum Gasteiger partial charge on any atom is -0.480 e. The number of carboxylic acids is 1. The number of para-hydroxylation sites is 1. The topological polar surface area (TPSA) is 64.0 Å². The molecule has 1 aromatic carbocycles. The van der Waals surface area contributed by atoms with Crippen molar-refractivity contribution in [1.82, 2.24) is 5.06 Å². The lowest BCUT2D eigenvalue weighted by atomic mass is 9.80. The number of hydroxylamine groups is 2. The quantitative estimate of drug-likeness (QED) is 0.774. The average molecular weight is 248 g/mol. The number of nitrogens with zero attached hydrogens (tertiary/aromatic N) is 2. The van der Waals surface area contributed by atoms with Gasteiger partial charge in [0.1, 0.15) is 6.04 Å². The van der Waals surface area contributed by atoms with E-state index in [1.807, 2.05) is 31.3 Å². The van der Waals surface area contributed by atoms with Gasteiger partial charge in [0, 0.05) is 31.2 Å². The largest absolute Gasteiger partial charge is 0.480 e. The van der Waals surface area contributed by atoms with Crippen LogP contribution in [-0.2, 0) is 10.2 Å². The summed E-state index contributed by atoms with van der Waals surface area (Å²) in [6, 6.07) is 7.23. The Morgan fingerprint density at radius 1 is 1.39 bits per heavy atom. The van der Waals surface area contributed by atoms with E-state index in [9.17, 15) is 10.0 Å². The van der Waals surface area contributed by atoms with Crippen LogP contribution >= 0.6 is 0 Å². The summed E-state index contributed by atoms with van der Waals surface area (Å²) >= 11 is 0. The van der Waals surface area contributed by atoms with E-state index in [1.165, 1.54) is 0 Å². The molecule has 5 heteroatoms. The number of likely N-dealkylation sites (N-methyl/N-ethyl adjacent to an activating group) is 1. The molecule has 2 aliphatic rings. The smallest absolute Gasteiger partial charge is 0.323 e. The fraction of sp³-hybridized carbons (Fsp3) is 0.462. The zero-order valence-electron chi connectivity index (χ0n) is 10.2. The summed E-state index contributed by atoms with van der Waals surface area (Å²) in [5.41, 5.74) is 2.02. The van der Waals surface area contributed by atoms with Crippen LogP contribution in [0.1, 0.15) is 12.0 Å². The molecule has 1 fully saturated rings. The number of aliphatic carboxylic acids is 1. The second-order valence-corrected chi connectivity index (χ2v) is 5.31. The molecule has 2 atom stereocenters. The van der Waals surface area contributed by atoms with Crippen LogP contribution in [0, 0.1) is 0 Å². The van der Waals surface area contributed by atoms with Gasteiger partial charge >= 0.3 is 5.97 Å². The van der Waals surface area contributed by atoms with Crippen molar-refractivity contribution in [1.29, 1.82) is 0 Å². The molecule has 96 valence electrons. The Bertz CT molecular complexity index is 505. The first-order valence-corrected chi connectivity index (χ1v) is 6.02. The number of hydrogen-bond donors (Lipinski definition) is 2. The van der Waals surface area contributed by atoms with Crippen molar-refractivity contribution < 1.29 is 15.1 Å². The van der Waals surface area contributed by atoms with Crippen LogP contribution in [0.4, 0.5) is 5.69 Å². The highest BCUT2D eigenvalue weighted by Crippen LogP contribution is 2.47. The molecule has 0 bridgehead atoms. The van der Waals surface area contributed by atoms with Gasteiger partial charge in [-0.05, 0) is 18.1 Å². The molecule has 0 radical (unpaired) electrons. The first-order valence-electron chi connectivity index (χ1n) is 6.02. The number of anilines is 1.